The van der Waals surface area contributed by atoms with Crippen molar-refractivity contribution in [2.75, 3.05) is 7.11 Å². The third-order valence-corrected chi connectivity index (χ3v) is 5.56. The van der Waals surface area contributed by atoms with Gasteiger partial charge in [-0.1, -0.05) is 23.7 Å². The van der Waals surface area contributed by atoms with E-state index in [0.717, 1.165) is 36.0 Å². The molecule has 0 bridgehead atoms. The van der Waals surface area contributed by atoms with Crippen LogP contribution in [0.3, 0.4) is 0 Å². The summed E-state index contributed by atoms with van der Waals surface area (Å²) in [5.41, 5.74) is 6.90. The molecule has 146 valence electrons. The van der Waals surface area contributed by atoms with Gasteiger partial charge in [-0.25, -0.2) is 0 Å². The molecule has 4 rings (SSSR count). The van der Waals surface area contributed by atoms with E-state index < -0.39 is 0 Å². The molecule has 1 fully saturated rings. The van der Waals surface area contributed by atoms with Gasteiger partial charge in [-0.05, 0) is 60.5 Å². The van der Waals surface area contributed by atoms with Crippen molar-refractivity contribution in [1.82, 2.24) is 4.57 Å². The average molecular weight is 399 g/mol. The fraction of sp³-hybridized carbons (Fsp3) is 0.318. The Morgan fingerprint density at radius 3 is 2.64 bits per heavy atom. The number of ether oxygens (including phenoxy) is 2. The molecule has 1 heterocycles. The highest BCUT2D eigenvalue weighted by Gasteiger charge is 2.24. The zero-order valence-corrected chi connectivity index (χ0v) is 16.5. The quantitative estimate of drug-likeness (QED) is 0.706. The van der Waals surface area contributed by atoms with Gasteiger partial charge in [-0.3, -0.25) is 4.79 Å². The fourth-order valence-corrected chi connectivity index (χ4v) is 3.90. The largest absolute Gasteiger partial charge is 0.497 e. The predicted octanol–water partition coefficient (Wildman–Crippen LogP) is 3.97. The van der Waals surface area contributed by atoms with E-state index in [0.29, 0.717) is 22.7 Å². The molecule has 2 N–H and O–H groups in total. The second-order valence-corrected chi connectivity index (χ2v) is 7.69. The van der Waals surface area contributed by atoms with E-state index in [1.54, 1.807) is 23.9 Å². The maximum Gasteiger partial charge on any atom is 0.258 e. The van der Waals surface area contributed by atoms with Gasteiger partial charge >= 0.3 is 0 Å². The number of nitrogens with zero attached hydrogens (tertiary/aromatic N) is 1. The molecule has 1 saturated carbocycles. The number of hydrogen-bond acceptors (Lipinski definition) is 4. The minimum Gasteiger partial charge on any atom is -0.497 e. The smallest absolute Gasteiger partial charge is 0.258 e. The molecule has 3 aromatic rings. The Hall–Kier alpha value is -2.50. The first kappa shape index (κ1) is 18.8. The Bertz CT molecular complexity index is 1050. The molecule has 0 spiro atoms. The van der Waals surface area contributed by atoms with E-state index in [4.69, 9.17) is 26.8 Å². The molecule has 0 aliphatic heterocycles. The monoisotopic (exact) mass is 398 g/mol. The summed E-state index contributed by atoms with van der Waals surface area (Å²) < 4.78 is 12.9. The van der Waals surface area contributed by atoms with Crippen molar-refractivity contribution in [2.45, 2.75) is 38.0 Å². The Morgan fingerprint density at radius 2 is 1.96 bits per heavy atom. The maximum absolute atomic E-state index is 12.9. The van der Waals surface area contributed by atoms with Crippen molar-refractivity contribution >= 4 is 22.4 Å². The topological polar surface area (TPSA) is 66.5 Å². The average Bonchev–Trinajstić information content (AvgIpc) is 3.11. The van der Waals surface area contributed by atoms with E-state index in [9.17, 15) is 4.79 Å². The molecule has 6 heteroatoms. The summed E-state index contributed by atoms with van der Waals surface area (Å²) in [6.45, 7) is 0.481. The standard InChI is InChI=1S/C22H23ClN2O3/c1-27-17-5-2-14(3-6-17)13-25-9-8-15-10-21(20(23)12-19(15)22(25)26)28-18-7-4-16(24)11-18/h2-3,5-6,8-10,12,16,18H,4,7,11,13,24H2,1H3/t16?,18-/m0/s1. The summed E-state index contributed by atoms with van der Waals surface area (Å²) in [6.07, 6.45) is 4.61. The van der Waals surface area contributed by atoms with Crippen LogP contribution in [0.1, 0.15) is 24.8 Å². The molecule has 1 aliphatic carbocycles. The number of hydrogen-bond donors (Lipinski definition) is 1. The van der Waals surface area contributed by atoms with Gasteiger partial charge in [0, 0.05) is 17.6 Å². The number of methoxy groups -OCH3 is 1. The summed E-state index contributed by atoms with van der Waals surface area (Å²) in [4.78, 5) is 12.9. The van der Waals surface area contributed by atoms with Crippen LogP contribution in [0.5, 0.6) is 11.5 Å². The minimum absolute atomic E-state index is 0.0790. The second-order valence-electron chi connectivity index (χ2n) is 7.28. The number of halogens is 1. The lowest BCUT2D eigenvalue weighted by Crippen LogP contribution is -2.20. The van der Waals surface area contributed by atoms with Gasteiger partial charge in [0.2, 0.25) is 0 Å². The van der Waals surface area contributed by atoms with Crippen molar-refractivity contribution in [1.29, 1.82) is 0 Å². The molecular formula is C22H23ClN2O3. The van der Waals surface area contributed by atoms with Crippen LogP contribution < -0.4 is 20.8 Å². The molecule has 0 saturated heterocycles. The lowest BCUT2D eigenvalue weighted by atomic mass is 10.1. The number of aromatic nitrogens is 1. The normalized spacial score (nSPS) is 19.1. The van der Waals surface area contributed by atoms with Gasteiger partial charge in [-0.2, -0.15) is 0 Å². The van der Waals surface area contributed by atoms with E-state index >= 15 is 0 Å². The SMILES string of the molecule is COc1ccc(Cn2ccc3cc(O[C@H]4CCC(N)C4)c(Cl)cc3c2=O)cc1. The van der Waals surface area contributed by atoms with Crippen LogP contribution in [0.25, 0.3) is 10.8 Å². The van der Waals surface area contributed by atoms with Crippen LogP contribution >= 0.6 is 11.6 Å². The number of nitrogens with two attached hydrogens (primary N) is 1. The Labute approximate surface area is 168 Å². The molecular weight excluding hydrogens is 376 g/mol. The van der Waals surface area contributed by atoms with Crippen LogP contribution in [0.4, 0.5) is 0 Å². The molecule has 5 nitrogen and oxygen atoms in total. The van der Waals surface area contributed by atoms with Crippen molar-refractivity contribution in [3.05, 3.63) is 69.6 Å². The van der Waals surface area contributed by atoms with Crippen molar-refractivity contribution < 1.29 is 9.47 Å². The van der Waals surface area contributed by atoms with E-state index in [1.807, 2.05) is 36.4 Å². The Morgan fingerprint density at radius 1 is 1.18 bits per heavy atom. The highest BCUT2D eigenvalue weighted by atomic mass is 35.5. The molecule has 2 aromatic carbocycles. The van der Waals surface area contributed by atoms with Crippen LogP contribution in [0.2, 0.25) is 5.02 Å². The van der Waals surface area contributed by atoms with Crippen LogP contribution in [-0.2, 0) is 6.54 Å². The van der Waals surface area contributed by atoms with E-state index in [1.165, 1.54) is 0 Å². The molecule has 0 amide bonds. The van der Waals surface area contributed by atoms with E-state index in [-0.39, 0.29) is 17.7 Å². The second kappa shape index (κ2) is 7.86. The van der Waals surface area contributed by atoms with Gasteiger partial charge < -0.3 is 19.8 Å². The first-order chi connectivity index (χ1) is 13.5. The number of fused-ring (bicyclic) bond motifs is 1. The van der Waals surface area contributed by atoms with Crippen molar-refractivity contribution in [2.24, 2.45) is 5.73 Å². The molecule has 0 radical (unpaired) electrons. The number of benzene rings is 2. The molecule has 1 aliphatic rings. The zero-order valence-electron chi connectivity index (χ0n) is 15.7. The molecule has 2 atom stereocenters. The minimum atomic E-state index is -0.0790. The third kappa shape index (κ3) is 3.86. The Kier molecular flexibility index (Phi) is 5.29. The zero-order chi connectivity index (χ0) is 19.7. The summed E-state index contributed by atoms with van der Waals surface area (Å²) in [6, 6.07) is 13.3. The van der Waals surface area contributed by atoms with Gasteiger partial charge in [-0.15, -0.1) is 0 Å². The first-order valence-electron chi connectivity index (χ1n) is 9.41. The highest BCUT2D eigenvalue weighted by Crippen LogP contribution is 2.32. The molecule has 28 heavy (non-hydrogen) atoms. The van der Waals surface area contributed by atoms with Crippen LogP contribution in [0.15, 0.2) is 53.5 Å². The van der Waals surface area contributed by atoms with Gasteiger partial charge in [0.15, 0.2) is 0 Å². The van der Waals surface area contributed by atoms with Crippen LogP contribution in [0, 0.1) is 0 Å². The summed E-state index contributed by atoms with van der Waals surface area (Å²) in [5, 5.41) is 1.85. The van der Waals surface area contributed by atoms with E-state index in [2.05, 4.69) is 0 Å². The summed E-state index contributed by atoms with van der Waals surface area (Å²) in [5.74, 6) is 1.40. The summed E-state index contributed by atoms with van der Waals surface area (Å²) >= 11 is 6.42. The van der Waals surface area contributed by atoms with Crippen molar-refractivity contribution in [3.8, 4) is 11.5 Å². The predicted molar refractivity (Wildman–Crippen MR) is 112 cm³/mol. The van der Waals surface area contributed by atoms with Crippen molar-refractivity contribution in [3.63, 3.8) is 0 Å². The highest BCUT2D eigenvalue weighted by molar-refractivity contribution is 6.32. The number of rotatable bonds is 5. The summed E-state index contributed by atoms with van der Waals surface area (Å²) in [7, 11) is 1.63. The molecule has 1 aromatic heterocycles. The van der Waals surface area contributed by atoms with Gasteiger partial charge in [0.25, 0.3) is 5.56 Å². The van der Waals surface area contributed by atoms with Crippen LogP contribution in [-0.4, -0.2) is 23.8 Å². The van der Waals surface area contributed by atoms with Gasteiger partial charge in [0.05, 0.1) is 18.7 Å². The molecule has 1 unspecified atom stereocenters. The van der Waals surface area contributed by atoms with Gasteiger partial charge in [0.1, 0.15) is 17.6 Å². The maximum atomic E-state index is 12.9. The Balaban J connectivity index is 1.61. The fourth-order valence-electron chi connectivity index (χ4n) is 3.69. The lowest BCUT2D eigenvalue weighted by Gasteiger charge is -2.16. The third-order valence-electron chi connectivity index (χ3n) is 5.26. The number of pyridine rings is 1. The lowest BCUT2D eigenvalue weighted by molar-refractivity contribution is 0.208. The first-order valence-corrected chi connectivity index (χ1v) is 9.79.